The number of aliphatic carboxylic acids is 1. The van der Waals surface area contributed by atoms with Gasteiger partial charge in [0.1, 0.15) is 5.54 Å². The van der Waals surface area contributed by atoms with E-state index in [-0.39, 0.29) is 12.0 Å². The number of hydrogen-bond acceptors (Lipinski definition) is 2. The smallest absolute Gasteiger partial charge is 0.329 e. The minimum Gasteiger partial charge on any atom is -0.479 e. The van der Waals surface area contributed by atoms with E-state index in [0.717, 1.165) is 38.5 Å². The highest BCUT2D eigenvalue weighted by molar-refractivity contribution is 5.82. The number of rotatable bonds is 4. The van der Waals surface area contributed by atoms with Crippen LogP contribution in [0.2, 0.25) is 0 Å². The van der Waals surface area contributed by atoms with Crippen LogP contribution in [0, 0.1) is 5.92 Å². The molecular weight excluding hydrogens is 206 g/mol. The number of nitrogens with zero attached hydrogens (tertiary/aromatic N) is 1. The normalized spacial score (nSPS) is 34.4. The van der Waals surface area contributed by atoms with Crippen LogP contribution in [0.25, 0.3) is 0 Å². The van der Waals surface area contributed by atoms with Crippen LogP contribution in [0.1, 0.15) is 45.4 Å². The van der Waals surface area contributed by atoms with Crippen molar-refractivity contribution in [1.82, 2.24) is 4.90 Å². The van der Waals surface area contributed by atoms with Crippen molar-refractivity contribution in [1.29, 1.82) is 0 Å². The maximum atomic E-state index is 11.6. The average Bonchev–Trinajstić information content (AvgIpc) is 3.05. The fraction of sp³-hybridized carbons (Fsp3) is 0.833. The first-order chi connectivity index (χ1) is 7.63. The second kappa shape index (κ2) is 4.07. The van der Waals surface area contributed by atoms with Gasteiger partial charge in [-0.2, -0.15) is 0 Å². The Morgan fingerprint density at radius 1 is 1.38 bits per heavy atom. The first kappa shape index (κ1) is 11.4. The second-order valence-corrected chi connectivity index (χ2v) is 5.12. The van der Waals surface area contributed by atoms with Crippen molar-refractivity contribution in [2.45, 2.75) is 57.0 Å². The van der Waals surface area contributed by atoms with Crippen LogP contribution in [0.5, 0.6) is 0 Å². The van der Waals surface area contributed by atoms with E-state index in [1.807, 2.05) is 6.92 Å². The van der Waals surface area contributed by atoms with Gasteiger partial charge in [0.05, 0.1) is 0 Å². The predicted octanol–water partition coefficient (Wildman–Crippen LogP) is 1.64. The average molecular weight is 225 g/mol. The Balaban J connectivity index is 2.31. The van der Waals surface area contributed by atoms with E-state index in [9.17, 15) is 14.7 Å². The highest BCUT2D eigenvalue weighted by Gasteiger charge is 2.53. The molecule has 0 radical (unpaired) electrons. The Bertz CT molecular complexity index is 301. The van der Waals surface area contributed by atoms with Crippen LogP contribution < -0.4 is 0 Å². The Hall–Kier alpha value is -1.06. The Morgan fingerprint density at radius 3 is 2.50 bits per heavy atom. The van der Waals surface area contributed by atoms with Crippen molar-refractivity contribution >= 4 is 12.4 Å². The summed E-state index contributed by atoms with van der Waals surface area (Å²) < 4.78 is 0. The number of amides is 1. The summed E-state index contributed by atoms with van der Waals surface area (Å²) in [5.41, 5.74) is -0.929. The van der Waals surface area contributed by atoms with E-state index in [1.54, 1.807) is 4.90 Å². The Morgan fingerprint density at radius 2 is 2.06 bits per heavy atom. The molecule has 2 unspecified atom stereocenters. The summed E-state index contributed by atoms with van der Waals surface area (Å²) in [4.78, 5) is 24.4. The summed E-state index contributed by atoms with van der Waals surface area (Å²) in [6.07, 6.45) is 6.18. The molecule has 0 spiro atoms. The van der Waals surface area contributed by atoms with E-state index < -0.39 is 11.5 Å². The largest absolute Gasteiger partial charge is 0.479 e. The molecule has 4 nitrogen and oxygen atoms in total. The van der Waals surface area contributed by atoms with Crippen molar-refractivity contribution in [2.75, 3.05) is 0 Å². The zero-order chi connectivity index (χ0) is 11.8. The molecule has 0 aliphatic heterocycles. The molecule has 0 aromatic rings. The van der Waals surface area contributed by atoms with Crippen molar-refractivity contribution in [3.63, 3.8) is 0 Å². The number of carboxylic acid groups (broad SMARTS) is 1. The van der Waals surface area contributed by atoms with Crippen LogP contribution in [-0.2, 0) is 9.59 Å². The minimum absolute atomic E-state index is 0.0598. The van der Waals surface area contributed by atoms with E-state index in [2.05, 4.69) is 0 Å². The molecule has 1 amide bonds. The minimum atomic E-state index is -0.929. The lowest BCUT2D eigenvalue weighted by atomic mass is 9.72. The highest BCUT2D eigenvalue weighted by Crippen LogP contribution is 2.43. The summed E-state index contributed by atoms with van der Waals surface area (Å²) in [6.45, 7) is 1.96. The quantitative estimate of drug-likeness (QED) is 0.740. The molecular formula is C12H19NO3. The molecule has 0 aromatic carbocycles. The second-order valence-electron chi connectivity index (χ2n) is 5.12. The maximum Gasteiger partial charge on any atom is 0.329 e. The molecule has 2 aliphatic carbocycles. The van der Waals surface area contributed by atoms with Crippen LogP contribution >= 0.6 is 0 Å². The third-order valence-corrected chi connectivity index (χ3v) is 4.15. The molecule has 16 heavy (non-hydrogen) atoms. The number of carbonyl (C=O) groups is 2. The molecule has 2 fully saturated rings. The lowest BCUT2D eigenvalue weighted by molar-refractivity contribution is -0.162. The topological polar surface area (TPSA) is 57.6 Å². The summed E-state index contributed by atoms with van der Waals surface area (Å²) >= 11 is 0. The van der Waals surface area contributed by atoms with Gasteiger partial charge in [-0.05, 0) is 31.6 Å². The van der Waals surface area contributed by atoms with E-state index >= 15 is 0 Å². The van der Waals surface area contributed by atoms with Crippen LogP contribution in [0.4, 0.5) is 0 Å². The maximum absolute atomic E-state index is 11.6. The van der Waals surface area contributed by atoms with Crippen LogP contribution in [0.15, 0.2) is 0 Å². The van der Waals surface area contributed by atoms with Crippen molar-refractivity contribution < 1.29 is 14.7 Å². The fourth-order valence-corrected chi connectivity index (χ4v) is 3.00. The number of carboxylic acids is 1. The predicted molar refractivity (Wildman–Crippen MR) is 58.9 cm³/mol. The monoisotopic (exact) mass is 225 g/mol. The SMILES string of the molecule is CC1CCCCC1(C(=O)O)N(C=O)C1CC1. The van der Waals surface area contributed by atoms with E-state index in [0.29, 0.717) is 6.42 Å². The number of hydrogen-bond donors (Lipinski definition) is 1. The van der Waals surface area contributed by atoms with Gasteiger partial charge in [0.15, 0.2) is 0 Å². The lowest BCUT2D eigenvalue weighted by Gasteiger charge is -2.45. The van der Waals surface area contributed by atoms with Gasteiger partial charge in [0.2, 0.25) is 6.41 Å². The van der Waals surface area contributed by atoms with Gasteiger partial charge in [-0.1, -0.05) is 19.8 Å². The highest BCUT2D eigenvalue weighted by atomic mass is 16.4. The van der Waals surface area contributed by atoms with E-state index in [4.69, 9.17) is 0 Å². The summed E-state index contributed by atoms with van der Waals surface area (Å²) in [6, 6.07) is 0.175. The molecule has 1 N–H and O–H groups in total. The van der Waals surface area contributed by atoms with Gasteiger partial charge in [-0.25, -0.2) is 4.79 Å². The Labute approximate surface area is 95.6 Å². The van der Waals surface area contributed by atoms with Crippen LogP contribution in [-0.4, -0.2) is 34.0 Å². The standard InChI is InChI=1S/C12H19NO3/c1-9-4-2-3-7-12(9,11(15)16)13(8-14)10-5-6-10/h8-10H,2-7H2,1H3,(H,15,16). The molecule has 0 bridgehead atoms. The van der Waals surface area contributed by atoms with Crippen molar-refractivity contribution in [2.24, 2.45) is 5.92 Å². The van der Waals surface area contributed by atoms with Gasteiger partial charge in [-0.3, -0.25) is 4.79 Å². The molecule has 0 heterocycles. The van der Waals surface area contributed by atoms with Gasteiger partial charge in [0, 0.05) is 6.04 Å². The first-order valence-electron chi connectivity index (χ1n) is 6.10. The van der Waals surface area contributed by atoms with Gasteiger partial charge < -0.3 is 10.0 Å². The molecule has 2 aliphatic rings. The zero-order valence-electron chi connectivity index (χ0n) is 9.69. The van der Waals surface area contributed by atoms with E-state index in [1.165, 1.54) is 0 Å². The summed E-state index contributed by atoms with van der Waals surface area (Å²) in [7, 11) is 0. The van der Waals surface area contributed by atoms with Gasteiger partial charge in [-0.15, -0.1) is 0 Å². The van der Waals surface area contributed by atoms with Gasteiger partial charge in [0.25, 0.3) is 0 Å². The zero-order valence-corrected chi connectivity index (χ0v) is 9.69. The molecule has 0 aromatic heterocycles. The molecule has 90 valence electrons. The summed E-state index contributed by atoms with van der Waals surface area (Å²) in [5, 5.41) is 9.54. The fourth-order valence-electron chi connectivity index (χ4n) is 3.00. The van der Waals surface area contributed by atoms with Gasteiger partial charge >= 0.3 is 5.97 Å². The van der Waals surface area contributed by atoms with Crippen molar-refractivity contribution in [3.8, 4) is 0 Å². The molecule has 2 rings (SSSR count). The number of carbonyl (C=O) groups excluding carboxylic acids is 1. The lowest BCUT2D eigenvalue weighted by Crippen LogP contribution is -2.60. The molecule has 4 heteroatoms. The van der Waals surface area contributed by atoms with Crippen LogP contribution in [0.3, 0.4) is 0 Å². The third kappa shape index (κ3) is 1.60. The first-order valence-corrected chi connectivity index (χ1v) is 6.10. The summed E-state index contributed by atoms with van der Waals surface area (Å²) in [5.74, 6) is -0.761. The van der Waals surface area contributed by atoms with Crippen molar-refractivity contribution in [3.05, 3.63) is 0 Å². The third-order valence-electron chi connectivity index (χ3n) is 4.15. The molecule has 2 saturated carbocycles. The Kier molecular flexibility index (Phi) is 2.91. The molecule has 0 saturated heterocycles. The molecule has 2 atom stereocenters.